The number of aliphatic hydroxyl groups is 1. The van der Waals surface area contributed by atoms with Crippen molar-refractivity contribution in [1.82, 2.24) is 5.32 Å². The molecule has 2 unspecified atom stereocenters. The smallest absolute Gasteiger partial charge is 0.241 e. The normalized spacial score (nSPS) is 24.9. The molecule has 4 heteroatoms. The lowest BCUT2D eigenvalue weighted by atomic mass is 9.97. The summed E-state index contributed by atoms with van der Waals surface area (Å²) in [6.45, 7) is 4.09. The first-order chi connectivity index (χ1) is 8.67. The third-order valence-corrected chi connectivity index (χ3v) is 3.65. The molecule has 1 heterocycles. The van der Waals surface area contributed by atoms with Gasteiger partial charge in [-0.05, 0) is 17.5 Å². The second kappa shape index (κ2) is 5.50. The number of hydrogen-bond acceptors (Lipinski definition) is 3. The maximum atomic E-state index is 12.2. The third-order valence-electron chi connectivity index (χ3n) is 3.65. The number of nitrogens with one attached hydrogen (secondary N) is 2. The molecule has 1 amide bonds. The van der Waals surface area contributed by atoms with E-state index in [-0.39, 0.29) is 30.5 Å². The van der Waals surface area contributed by atoms with Gasteiger partial charge in [0.2, 0.25) is 5.91 Å². The molecule has 1 aliphatic heterocycles. The SMILES string of the molecule is CCC(C)[C@@H]1NC(CO)c2ccccc2NC1=O. The van der Waals surface area contributed by atoms with Gasteiger partial charge in [-0.1, -0.05) is 38.5 Å². The molecule has 0 aliphatic carbocycles. The Morgan fingerprint density at radius 3 is 2.78 bits per heavy atom. The molecular formula is C14H20N2O2. The molecule has 0 saturated heterocycles. The van der Waals surface area contributed by atoms with Crippen LogP contribution in [0.4, 0.5) is 5.69 Å². The van der Waals surface area contributed by atoms with Gasteiger partial charge in [0.1, 0.15) is 0 Å². The van der Waals surface area contributed by atoms with Gasteiger partial charge in [0.25, 0.3) is 0 Å². The van der Waals surface area contributed by atoms with Gasteiger partial charge < -0.3 is 10.4 Å². The molecule has 1 aromatic carbocycles. The zero-order chi connectivity index (χ0) is 13.1. The summed E-state index contributed by atoms with van der Waals surface area (Å²) in [5, 5.41) is 15.7. The fourth-order valence-electron chi connectivity index (χ4n) is 2.32. The summed E-state index contributed by atoms with van der Waals surface area (Å²) in [5.41, 5.74) is 1.74. The highest BCUT2D eigenvalue weighted by molar-refractivity contribution is 5.96. The lowest BCUT2D eigenvalue weighted by Crippen LogP contribution is -2.45. The predicted molar refractivity (Wildman–Crippen MR) is 71.3 cm³/mol. The minimum absolute atomic E-state index is 0.0150. The number of rotatable bonds is 3. The van der Waals surface area contributed by atoms with Crippen LogP contribution in [0.15, 0.2) is 24.3 Å². The molecule has 4 nitrogen and oxygen atoms in total. The minimum Gasteiger partial charge on any atom is -0.394 e. The Bertz CT molecular complexity index is 434. The van der Waals surface area contributed by atoms with Gasteiger partial charge in [0, 0.05) is 5.69 Å². The van der Waals surface area contributed by atoms with Crippen LogP contribution in [0.25, 0.3) is 0 Å². The molecule has 0 radical (unpaired) electrons. The molecule has 0 aromatic heterocycles. The number of benzene rings is 1. The molecule has 2 rings (SSSR count). The summed E-state index contributed by atoms with van der Waals surface area (Å²) in [5.74, 6) is 0.209. The van der Waals surface area contributed by atoms with Crippen LogP contribution >= 0.6 is 0 Å². The number of carbonyl (C=O) groups excluding carboxylic acids is 1. The zero-order valence-electron chi connectivity index (χ0n) is 10.8. The van der Waals surface area contributed by atoms with Gasteiger partial charge in [0.15, 0.2) is 0 Å². The Morgan fingerprint density at radius 2 is 2.11 bits per heavy atom. The fourth-order valence-corrected chi connectivity index (χ4v) is 2.32. The van der Waals surface area contributed by atoms with E-state index in [4.69, 9.17) is 0 Å². The topological polar surface area (TPSA) is 61.4 Å². The van der Waals surface area contributed by atoms with Gasteiger partial charge in [0.05, 0.1) is 18.7 Å². The zero-order valence-corrected chi connectivity index (χ0v) is 10.8. The second-order valence-electron chi connectivity index (χ2n) is 4.84. The first kappa shape index (κ1) is 13.1. The average molecular weight is 248 g/mol. The van der Waals surface area contributed by atoms with Crippen LogP contribution in [-0.2, 0) is 4.79 Å². The van der Waals surface area contributed by atoms with Crippen LogP contribution in [0.5, 0.6) is 0 Å². The molecule has 98 valence electrons. The third kappa shape index (κ3) is 2.40. The molecule has 1 aromatic rings. The van der Waals surface area contributed by atoms with Gasteiger partial charge in [-0.25, -0.2) is 0 Å². The lowest BCUT2D eigenvalue weighted by Gasteiger charge is -2.24. The summed E-state index contributed by atoms with van der Waals surface area (Å²) in [4.78, 5) is 12.2. The van der Waals surface area contributed by atoms with E-state index >= 15 is 0 Å². The van der Waals surface area contributed by atoms with Crippen LogP contribution in [0.1, 0.15) is 31.9 Å². The van der Waals surface area contributed by atoms with Crippen molar-refractivity contribution in [2.75, 3.05) is 11.9 Å². The van der Waals surface area contributed by atoms with Crippen LogP contribution in [-0.4, -0.2) is 23.7 Å². The lowest BCUT2D eigenvalue weighted by molar-refractivity contribution is -0.119. The molecular weight excluding hydrogens is 228 g/mol. The molecule has 0 spiro atoms. The van der Waals surface area contributed by atoms with Crippen LogP contribution < -0.4 is 10.6 Å². The van der Waals surface area contributed by atoms with E-state index < -0.39 is 0 Å². The van der Waals surface area contributed by atoms with Crippen molar-refractivity contribution in [2.45, 2.75) is 32.4 Å². The maximum Gasteiger partial charge on any atom is 0.241 e. The van der Waals surface area contributed by atoms with Gasteiger partial charge in [-0.2, -0.15) is 0 Å². The van der Waals surface area contributed by atoms with E-state index in [1.165, 1.54) is 0 Å². The number of para-hydroxylation sites is 1. The van der Waals surface area contributed by atoms with Crippen molar-refractivity contribution in [3.63, 3.8) is 0 Å². The van der Waals surface area contributed by atoms with Crippen molar-refractivity contribution in [3.05, 3.63) is 29.8 Å². The number of anilines is 1. The Balaban J connectivity index is 2.34. The minimum atomic E-state index is -0.264. The van der Waals surface area contributed by atoms with E-state index in [2.05, 4.69) is 17.6 Å². The second-order valence-corrected chi connectivity index (χ2v) is 4.84. The van der Waals surface area contributed by atoms with E-state index in [0.717, 1.165) is 17.7 Å². The van der Waals surface area contributed by atoms with Crippen LogP contribution in [0, 0.1) is 5.92 Å². The van der Waals surface area contributed by atoms with E-state index in [1.807, 2.05) is 31.2 Å². The van der Waals surface area contributed by atoms with E-state index in [1.54, 1.807) is 0 Å². The maximum absolute atomic E-state index is 12.2. The van der Waals surface area contributed by atoms with Crippen molar-refractivity contribution < 1.29 is 9.90 Å². The molecule has 0 saturated carbocycles. The van der Waals surface area contributed by atoms with Crippen molar-refractivity contribution >= 4 is 11.6 Å². The molecule has 0 fully saturated rings. The number of amides is 1. The van der Waals surface area contributed by atoms with Crippen molar-refractivity contribution in [2.24, 2.45) is 5.92 Å². The Kier molecular flexibility index (Phi) is 3.99. The van der Waals surface area contributed by atoms with Crippen LogP contribution in [0.3, 0.4) is 0 Å². The molecule has 18 heavy (non-hydrogen) atoms. The van der Waals surface area contributed by atoms with Crippen molar-refractivity contribution in [3.8, 4) is 0 Å². The highest BCUT2D eigenvalue weighted by atomic mass is 16.3. The predicted octanol–water partition coefficient (Wildman–Crippen LogP) is 1.68. The summed E-state index contributed by atoms with van der Waals surface area (Å²) >= 11 is 0. The van der Waals surface area contributed by atoms with E-state index in [9.17, 15) is 9.90 Å². The number of carbonyl (C=O) groups is 1. The quantitative estimate of drug-likeness (QED) is 0.762. The van der Waals surface area contributed by atoms with Gasteiger partial charge >= 0.3 is 0 Å². The largest absolute Gasteiger partial charge is 0.394 e. The first-order valence-electron chi connectivity index (χ1n) is 6.44. The number of aliphatic hydroxyl groups excluding tert-OH is 1. The average Bonchev–Trinajstić information content (AvgIpc) is 2.54. The summed E-state index contributed by atoms with van der Waals surface area (Å²) < 4.78 is 0. The highest BCUT2D eigenvalue weighted by Gasteiger charge is 2.31. The Hall–Kier alpha value is -1.39. The standard InChI is InChI=1S/C14H20N2O2/c1-3-9(2)13-14(18)16-11-7-5-4-6-10(11)12(8-17)15-13/h4-7,9,12-13,15,17H,3,8H2,1-2H3,(H,16,18)/t9?,12?,13-/m0/s1. The number of fused-ring (bicyclic) bond motifs is 1. The summed E-state index contributed by atoms with van der Waals surface area (Å²) in [6, 6.07) is 7.15. The van der Waals surface area contributed by atoms with Gasteiger partial charge in [-0.3, -0.25) is 10.1 Å². The Labute approximate surface area is 107 Å². The molecule has 3 N–H and O–H groups in total. The van der Waals surface area contributed by atoms with E-state index in [0.29, 0.717) is 0 Å². The summed E-state index contributed by atoms with van der Waals surface area (Å²) in [7, 11) is 0. The van der Waals surface area contributed by atoms with Crippen LogP contribution in [0.2, 0.25) is 0 Å². The molecule has 0 bridgehead atoms. The summed E-state index contributed by atoms with van der Waals surface area (Å²) in [6.07, 6.45) is 0.916. The first-order valence-corrected chi connectivity index (χ1v) is 6.44. The molecule has 1 aliphatic rings. The Morgan fingerprint density at radius 1 is 1.39 bits per heavy atom. The van der Waals surface area contributed by atoms with Gasteiger partial charge in [-0.15, -0.1) is 0 Å². The monoisotopic (exact) mass is 248 g/mol. The van der Waals surface area contributed by atoms with Crippen molar-refractivity contribution in [1.29, 1.82) is 0 Å². The number of hydrogen-bond donors (Lipinski definition) is 3. The molecule has 3 atom stereocenters. The fraction of sp³-hybridized carbons (Fsp3) is 0.500. The highest BCUT2D eigenvalue weighted by Crippen LogP contribution is 2.27.